The minimum Gasteiger partial charge on any atom is -0.463 e. The standard InChI is InChI=1S/C12H11BrN2O3S/c1-9(12-3-2-8-18-12)14-15-19(16,17)11-6-4-10(13)5-7-11/h2-8,15H,1H3/b14-9+. The Hall–Kier alpha value is -1.60. The van der Waals surface area contributed by atoms with E-state index < -0.39 is 10.0 Å². The lowest BCUT2D eigenvalue weighted by atomic mass is 10.3. The number of nitrogens with zero attached hydrogens (tertiary/aromatic N) is 1. The zero-order valence-electron chi connectivity index (χ0n) is 10.00. The Morgan fingerprint density at radius 2 is 1.95 bits per heavy atom. The van der Waals surface area contributed by atoms with Gasteiger partial charge < -0.3 is 4.42 Å². The molecule has 0 spiro atoms. The van der Waals surface area contributed by atoms with Crippen LogP contribution in [0, 0.1) is 0 Å². The first kappa shape index (κ1) is 13.8. The molecule has 0 aliphatic heterocycles. The van der Waals surface area contributed by atoms with Crippen LogP contribution in [-0.2, 0) is 10.0 Å². The molecule has 0 saturated carbocycles. The summed E-state index contributed by atoms with van der Waals surface area (Å²) in [6, 6.07) is 9.69. The summed E-state index contributed by atoms with van der Waals surface area (Å²) >= 11 is 3.25. The van der Waals surface area contributed by atoms with Crippen molar-refractivity contribution in [3.63, 3.8) is 0 Å². The maximum absolute atomic E-state index is 12.0. The van der Waals surface area contributed by atoms with Crippen LogP contribution in [0.2, 0.25) is 0 Å². The molecule has 7 heteroatoms. The van der Waals surface area contributed by atoms with Crippen molar-refractivity contribution in [2.24, 2.45) is 5.10 Å². The average Bonchev–Trinajstić information content (AvgIpc) is 2.90. The molecule has 100 valence electrons. The molecule has 0 aliphatic carbocycles. The second-order valence-corrected chi connectivity index (χ2v) is 6.30. The van der Waals surface area contributed by atoms with Crippen molar-refractivity contribution >= 4 is 31.7 Å². The van der Waals surface area contributed by atoms with Crippen LogP contribution >= 0.6 is 15.9 Å². The molecule has 2 aromatic rings. The van der Waals surface area contributed by atoms with Gasteiger partial charge in [0.2, 0.25) is 0 Å². The van der Waals surface area contributed by atoms with Gasteiger partial charge in [0.1, 0.15) is 11.5 Å². The molecule has 0 aliphatic rings. The fraction of sp³-hybridized carbons (Fsp3) is 0.0833. The van der Waals surface area contributed by atoms with E-state index in [9.17, 15) is 8.42 Å². The highest BCUT2D eigenvalue weighted by molar-refractivity contribution is 9.10. The third kappa shape index (κ3) is 3.45. The Kier molecular flexibility index (Phi) is 4.06. The SMILES string of the molecule is C/C(=N\NS(=O)(=O)c1ccc(Br)cc1)c1ccco1. The highest BCUT2D eigenvalue weighted by Gasteiger charge is 2.13. The van der Waals surface area contributed by atoms with Gasteiger partial charge in [-0.2, -0.15) is 18.4 Å². The number of nitrogens with one attached hydrogen (secondary N) is 1. The van der Waals surface area contributed by atoms with E-state index in [0.717, 1.165) is 4.47 Å². The maximum atomic E-state index is 12.0. The average molecular weight is 343 g/mol. The molecule has 0 saturated heterocycles. The van der Waals surface area contributed by atoms with Crippen molar-refractivity contribution in [1.82, 2.24) is 4.83 Å². The first-order valence-electron chi connectivity index (χ1n) is 5.34. The minimum absolute atomic E-state index is 0.145. The van der Waals surface area contributed by atoms with Gasteiger partial charge in [0.25, 0.3) is 10.0 Å². The number of furan rings is 1. The number of hydrogen-bond donors (Lipinski definition) is 1. The molecule has 1 heterocycles. The quantitative estimate of drug-likeness (QED) is 0.685. The van der Waals surface area contributed by atoms with E-state index in [4.69, 9.17) is 4.42 Å². The van der Waals surface area contributed by atoms with E-state index in [1.165, 1.54) is 18.4 Å². The molecule has 0 fully saturated rings. The summed E-state index contributed by atoms with van der Waals surface area (Å²) in [5.74, 6) is 0.513. The Bertz CT molecular complexity index is 676. The van der Waals surface area contributed by atoms with Crippen LogP contribution in [0.25, 0.3) is 0 Å². The fourth-order valence-electron chi connectivity index (χ4n) is 1.33. The summed E-state index contributed by atoms with van der Waals surface area (Å²) in [4.78, 5) is 2.31. The van der Waals surface area contributed by atoms with Gasteiger partial charge in [-0.3, -0.25) is 0 Å². The topological polar surface area (TPSA) is 71.7 Å². The summed E-state index contributed by atoms with van der Waals surface area (Å²) in [5, 5.41) is 3.81. The lowest BCUT2D eigenvalue weighted by Gasteiger charge is -2.04. The van der Waals surface area contributed by atoms with Crippen molar-refractivity contribution in [2.75, 3.05) is 0 Å². The molecule has 19 heavy (non-hydrogen) atoms. The molecule has 5 nitrogen and oxygen atoms in total. The van der Waals surface area contributed by atoms with Crippen molar-refractivity contribution in [3.05, 3.63) is 52.9 Å². The molecule has 0 amide bonds. The van der Waals surface area contributed by atoms with Crippen LogP contribution < -0.4 is 4.83 Å². The molecular formula is C12H11BrN2O3S. The molecule has 0 atom stereocenters. The summed E-state index contributed by atoms with van der Waals surface area (Å²) in [5.41, 5.74) is 0.450. The van der Waals surface area contributed by atoms with Crippen molar-refractivity contribution in [3.8, 4) is 0 Å². The molecule has 0 unspecified atom stereocenters. The van der Waals surface area contributed by atoms with Crippen molar-refractivity contribution < 1.29 is 12.8 Å². The van der Waals surface area contributed by atoms with Gasteiger partial charge in [0, 0.05) is 4.47 Å². The van der Waals surface area contributed by atoms with Gasteiger partial charge in [0.05, 0.1) is 11.2 Å². The maximum Gasteiger partial charge on any atom is 0.276 e. The van der Waals surface area contributed by atoms with Crippen LogP contribution in [-0.4, -0.2) is 14.1 Å². The van der Waals surface area contributed by atoms with E-state index in [0.29, 0.717) is 11.5 Å². The number of halogens is 1. The van der Waals surface area contributed by atoms with Crippen molar-refractivity contribution in [1.29, 1.82) is 0 Å². The Labute approximate surface area is 119 Å². The van der Waals surface area contributed by atoms with E-state index in [2.05, 4.69) is 25.9 Å². The second-order valence-electron chi connectivity index (χ2n) is 3.72. The largest absolute Gasteiger partial charge is 0.463 e. The Balaban J connectivity index is 2.18. The van der Waals surface area contributed by atoms with E-state index in [1.54, 1.807) is 31.2 Å². The molecular weight excluding hydrogens is 332 g/mol. The monoisotopic (exact) mass is 342 g/mol. The molecule has 1 aromatic carbocycles. The van der Waals surface area contributed by atoms with Gasteiger partial charge in [-0.05, 0) is 43.3 Å². The Morgan fingerprint density at radius 3 is 2.53 bits per heavy atom. The zero-order valence-corrected chi connectivity index (χ0v) is 12.4. The van der Waals surface area contributed by atoms with Crippen LogP contribution in [0.15, 0.2) is 61.5 Å². The third-order valence-corrected chi connectivity index (χ3v) is 4.09. The van der Waals surface area contributed by atoms with Gasteiger partial charge in [-0.1, -0.05) is 15.9 Å². The fourth-order valence-corrected chi connectivity index (χ4v) is 2.46. The van der Waals surface area contributed by atoms with Crippen LogP contribution in [0.5, 0.6) is 0 Å². The van der Waals surface area contributed by atoms with Crippen LogP contribution in [0.4, 0.5) is 0 Å². The molecule has 0 radical (unpaired) electrons. The summed E-state index contributed by atoms with van der Waals surface area (Å²) in [6.45, 7) is 1.66. The van der Waals surface area contributed by atoms with E-state index >= 15 is 0 Å². The first-order valence-corrected chi connectivity index (χ1v) is 7.62. The van der Waals surface area contributed by atoms with Crippen LogP contribution in [0.3, 0.4) is 0 Å². The van der Waals surface area contributed by atoms with E-state index in [1.807, 2.05) is 0 Å². The molecule has 1 N–H and O–H groups in total. The number of sulfonamides is 1. The predicted octanol–water partition coefficient (Wildman–Crippen LogP) is 2.74. The lowest BCUT2D eigenvalue weighted by Crippen LogP contribution is -2.19. The predicted molar refractivity (Wildman–Crippen MR) is 75.4 cm³/mol. The highest BCUT2D eigenvalue weighted by Crippen LogP contribution is 2.14. The normalized spacial score (nSPS) is 12.4. The first-order chi connectivity index (χ1) is 8.99. The molecule has 0 bridgehead atoms. The second kappa shape index (κ2) is 5.58. The summed E-state index contributed by atoms with van der Waals surface area (Å²) in [6.07, 6.45) is 1.50. The third-order valence-electron chi connectivity index (χ3n) is 2.34. The summed E-state index contributed by atoms with van der Waals surface area (Å²) < 4.78 is 29.8. The van der Waals surface area contributed by atoms with Gasteiger partial charge >= 0.3 is 0 Å². The van der Waals surface area contributed by atoms with Gasteiger partial charge in [0.15, 0.2) is 0 Å². The highest BCUT2D eigenvalue weighted by atomic mass is 79.9. The van der Waals surface area contributed by atoms with Gasteiger partial charge in [-0.25, -0.2) is 0 Å². The van der Waals surface area contributed by atoms with Crippen LogP contribution in [0.1, 0.15) is 12.7 Å². The number of hydrazone groups is 1. The summed E-state index contributed by atoms with van der Waals surface area (Å²) in [7, 11) is -3.66. The van der Waals surface area contributed by atoms with Gasteiger partial charge in [-0.15, -0.1) is 0 Å². The Morgan fingerprint density at radius 1 is 1.26 bits per heavy atom. The zero-order chi connectivity index (χ0) is 13.9. The molecule has 1 aromatic heterocycles. The smallest absolute Gasteiger partial charge is 0.276 e. The number of rotatable bonds is 4. The van der Waals surface area contributed by atoms with Crippen molar-refractivity contribution in [2.45, 2.75) is 11.8 Å². The molecule has 2 rings (SSSR count). The number of hydrogen-bond acceptors (Lipinski definition) is 4. The minimum atomic E-state index is -3.66. The lowest BCUT2D eigenvalue weighted by molar-refractivity contribution is 0.556. The van der Waals surface area contributed by atoms with E-state index in [-0.39, 0.29) is 4.90 Å². The number of benzene rings is 1.